The van der Waals surface area contributed by atoms with Gasteiger partial charge in [-0.25, -0.2) is 0 Å². The third kappa shape index (κ3) is 6.55. The van der Waals surface area contributed by atoms with Crippen LogP contribution in [-0.4, -0.2) is 13.5 Å². The van der Waals surface area contributed by atoms with Crippen LogP contribution in [0.1, 0.15) is 0 Å². The van der Waals surface area contributed by atoms with Crippen LogP contribution in [0.2, 0.25) is 5.02 Å². The maximum Gasteiger partial charge on any atom is 1.00 e. The normalized spacial score (nSPS) is 10.7. The fourth-order valence-corrected chi connectivity index (χ4v) is 1.28. The number of ether oxygens (including phenoxy) is 1. The third-order valence-corrected chi connectivity index (χ3v) is 2.13. The third-order valence-electron chi connectivity index (χ3n) is 1.32. The number of benzene rings is 1. The molecule has 0 aliphatic heterocycles. The summed E-state index contributed by atoms with van der Waals surface area (Å²) in [5, 5.41) is 0.160. The molecule has 0 amide bonds. The van der Waals surface area contributed by atoms with Crippen molar-refractivity contribution >= 4 is 34.5 Å². The second-order valence-electron chi connectivity index (χ2n) is 2.60. The molecule has 0 N–H and O–H groups in total. The Balaban J connectivity index is 0.00000196. The molecule has 0 atom stereocenters. The minimum Gasteiger partial charge on any atom is -0.520 e. The second-order valence-corrected chi connectivity index (χ2v) is 3.92. The summed E-state index contributed by atoms with van der Waals surface area (Å²) in [5.74, 6) is 0.0280. The van der Waals surface area contributed by atoms with E-state index in [4.69, 9.17) is 11.6 Å². The van der Waals surface area contributed by atoms with E-state index in [-0.39, 0.29) is 62.2 Å². The van der Waals surface area contributed by atoms with Crippen LogP contribution in [0.15, 0.2) is 22.7 Å². The standard InChI is InChI=1S/C7H5BBrClF3O.K/c9-5-1-2-6(10)7(3-5)14-4-8(11,12)13;/h1-3H,4H2;/q-1;+1. The van der Waals surface area contributed by atoms with Crippen LogP contribution in [0.4, 0.5) is 12.9 Å². The van der Waals surface area contributed by atoms with E-state index in [0.717, 1.165) is 0 Å². The van der Waals surface area contributed by atoms with Gasteiger partial charge in [-0.15, -0.1) is 0 Å². The first-order chi connectivity index (χ1) is 6.38. The largest absolute Gasteiger partial charge is 1.00 e. The van der Waals surface area contributed by atoms with E-state index in [1.54, 1.807) is 6.07 Å². The van der Waals surface area contributed by atoms with Gasteiger partial charge in [-0.3, -0.25) is 0 Å². The topological polar surface area (TPSA) is 9.23 Å². The summed E-state index contributed by atoms with van der Waals surface area (Å²) in [6, 6.07) is 4.47. The molecular formula is C7H5BBrClF3KO. The Morgan fingerprint density at radius 1 is 1.33 bits per heavy atom. The molecule has 0 aliphatic carbocycles. The van der Waals surface area contributed by atoms with Crippen molar-refractivity contribution in [3.8, 4) is 5.75 Å². The zero-order chi connectivity index (χ0) is 10.8. The average Bonchev–Trinajstić information content (AvgIpc) is 2.05. The number of rotatable bonds is 3. The molecule has 1 nitrogen and oxygen atoms in total. The fraction of sp³-hybridized carbons (Fsp3) is 0.143. The summed E-state index contributed by atoms with van der Waals surface area (Å²) in [7, 11) is 0. The van der Waals surface area contributed by atoms with E-state index < -0.39 is 13.5 Å². The molecule has 0 saturated carbocycles. The SMILES string of the molecule is F[B-](F)(F)COc1cc(Br)ccc1Cl.[K+]. The fourth-order valence-electron chi connectivity index (χ4n) is 0.772. The summed E-state index contributed by atoms with van der Waals surface area (Å²) in [6.45, 7) is -6.23. The quantitative estimate of drug-likeness (QED) is 0.749. The van der Waals surface area contributed by atoms with Gasteiger partial charge >= 0.3 is 58.4 Å². The van der Waals surface area contributed by atoms with Crippen LogP contribution in [0.25, 0.3) is 0 Å². The molecule has 0 radical (unpaired) electrons. The van der Waals surface area contributed by atoms with Crippen LogP contribution in [-0.2, 0) is 0 Å². The van der Waals surface area contributed by atoms with Gasteiger partial charge in [0.1, 0.15) is 5.75 Å². The van der Waals surface area contributed by atoms with Crippen molar-refractivity contribution in [1.29, 1.82) is 0 Å². The van der Waals surface area contributed by atoms with Gasteiger partial charge in [0, 0.05) is 4.47 Å². The zero-order valence-electron chi connectivity index (χ0n) is 7.81. The van der Waals surface area contributed by atoms with Gasteiger partial charge in [0.15, 0.2) is 0 Å². The van der Waals surface area contributed by atoms with Gasteiger partial charge in [0.25, 0.3) is 0 Å². The molecule has 0 fully saturated rings. The Morgan fingerprint density at radius 3 is 2.47 bits per heavy atom. The summed E-state index contributed by atoms with van der Waals surface area (Å²) in [6.07, 6.45) is 0. The van der Waals surface area contributed by atoms with Crippen molar-refractivity contribution in [2.45, 2.75) is 0 Å². The van der Waals surface area contributed by atoms with Gasteiger partial charge in [-0.2, -0.15) is 0 Å². The van der Waals surface area contributed by atoms with Gasteiger partial charge < -0.3 is 17.7 Å². The minimum absolute atomic E-state index is 0. The molecule has 0 spiro atoms. The van der Waals surface area contributed by atoms with Crippen molar-refractivity contribution in [2.24, 2.45) is 0 Å². The summed E-state index contributed by atoms with van der Waals surface area (Å²) < 4.78 is 40.7. The van der Waals surface area contributed by atoms with E-state index in [9.17, 15) is 12.9 Å². The average molecular weight is 327 g/mol. The van der Waals surface area contributed by atoms with E-state index in [0.29, 0.717) is 4.47 Å². The second kappa shape index (κ2) is 6.88. The number of halogens is 5. The predicted molar refractivity (Wildman–Crippen MR) is 53.7 cm³/mol. The maximum absolute atomic E-state index is 11.9. The number of hydrogen-bond acceptors (Lipinski definition) is 1. The van der Waals surface area contributed by atoms with Crippen LogP contribution in [0.3, 0.4) is 0 Å². The van der Waals surface area contributed by atoms with Gasteiger partial charge in [-0.1, -0.05) is 27.5 Å². The van der Waals surface area contributed by atoms with Crippen molar-refractivity contribution in [3.05, 3.63) is 27.7 Å². The van der Waals surface area contributed by atoms with Crippen molar-refractivity contribution in [3.63, 3.8) is 0 Å². The molecule has 8 heteroatoms. The zero-order valence-corrected chi connectivity index (χ0v) is 13.3. The van der Waals surface area contributed by atoms with E-state index >= 15 is 0 Å². The molecule has 78 valence electrons. The van der Waals surface area contributed by atoms with Gasteiger partial charge in [0.05, 0.1) is 11.5 Å². The Kier molecular flexibility index (Phi) is 7.47. The summed E-state index contributed by atoms with van der Waals surface area (Å²) in [5.41, 5.74) is 0. The maximum atomic E-state index is 11.9. The first kappa shape index (κ1) is 16.3. The van der Waals surface area contributed by atoms with Gasteiger partial charge in [0.2, 0.25) is 0 Å². The van der Waals surface area contributed by atoms with Crippen LogP contribution in [0, 0.1) is 0 Å². The molecule has 15 heavy (non-hydrogen) atoms. The molecule has 0 bridgehead atoms. The van der Waals surface area contributed by atoms with Crippen molar-refractivity contribution < 1.29 is 69.1 Å². The smallest absolute Gasteiger partial charge is 0.520 e. The Hall–Kier alpha value is 1.28. The molecule has 0 aromatic heterocycles. The molecule has 1 aromatic rings. The first-order valence-electron chi connectivity index (χ1n) is 3.67. The summed E-state index contributed by atoms with van der Waals surface area (Å²) >= 11 is 8.72. The Morgan fingerprint density at radius 2 is 1.93 bits per heavy atom. The van der Waals surface area contributed by atoms with Crippen LogP contribution < -0.4 is 56.1 Å². The first-order valence-corrected chi connectivity index (χ1v) is 4.84. The minimum atomic E-state index is -4.95. The van der Waals surface area contributed by atoms with Crippen LogP contribution >= 0.6 is 27.5 Å². The molecule has 1 rings (SSSR count). The summed E-state index contributed by atoms with van der Waals surface area (Å²) in [4.78, 5) is 0. The molecule has 0 saturated heterocycles. The van der Waals surface area contributed by atoms with E-state index in [1.807, 2.05) is 0 Å². The van der Waals surface area contributed by atoms with Crippen LogP contribution in [0.5, 0.6) is 5.75 Å². The Labute approximate surface area is 141 Å². The molecule has 1 aromatic carbocycles. The van der Waals surface area contributed by atoms with Crippen molar-refractivity contribution in [1.82, 2.24) is 0 Å². The molecule has 0 heterocycles. The molecular weight excluding hydrogens is 322 g/mol. The van der Waals surface area contributed by atoms with Gasteiger partial charge in [-0.05, 0) is 18.2 Å². The monoisotopic (exact) mass is 326 g/mol. The molecule has 0 aliphatic rings. The molecule has 0 unspecified atom stereocenters. The van der Waals surface area contributed by atoms with E-state index in [1.165, 1.54) is 12.1 Å². The van der Waals surface area contributed by atoms with E-state index in [2.05, 4.69) is 20.7 Å². The predicted octanol–water partition coefficient (Wildman–Crippen LogP) is 0.872. The number of hydrogen-bond donors (Lipinski definition) is 0. The van der Waals surface area contributed by atoms with Crippen molar-refractivity contribution in [2.75, 3.05) is 6.51 Å². The Bertz CT molecular complexity index is 337.